The Bertz CT molecular complexity index is 482. The number of carbonyl (C=O) groups excluding carboxylic acids is 2. The molecule has 0 unspecified atom stereocenters. The predicted molar refractivity (Wildman–Crippen MR) is 79.8 cm³/mol. The van der Waals surface area contributed by atoms with Crippen molar-refractivity contribution in [1.82, 2.24) is 10.6 Å². The number of rotatable bonds is 5. The summed E-state index contributed by atoms with van der Waals surface area (Å²) in [6.07, 6.45) is 4.59. The molecule has 1 aliphatic carbocycles. The molecule has 0 radical (unpaired) electrons. The summed E-state index contributed by atoms with van der Waals surface area (Å²) >= 11 is 0. The van der Waals surface area contributed by atoms with E-state index in [1.807, 2.05) is 6.07 Å². The first-order valence-electron chi connectivity index (χ1n) is 7.41. The highest BCUT2D eigenvalue weighted by atomic mass is 16.3. The lowest BCUT2D eigenvalue weighted by molar-refractivity contribution is -0.121. The zero-order valence-electron chi connectivity index (χ0n) is 12.1. The quantitative estimate of drug-likeness (QED) is 0.763. The van der Waals surface area contributed by atoms with Gasteiger partial charge in [-0.15, -0.1) is 0 Å². The van der Waals surface area contributed by atoms with Crippen molar-refractivity contribution in [3.63, 3.8) is 0 Å². The van der Waals surface area contributed by atoms with Crippen molar-refractivity contribution in [3.8, 4) is 0 Å². The molecule has 21 heavy (non-hydrogen) atoms. The zero-order valence-corrected chi connectivity index (χ0v) is 12.1. The second-order valence-corrected chi connectivity index (χ2v) is 5.61. The SMILES string of the molecule is O=C(CNC(=O)c1ccccc1)NCC1(O)CCCCC1. The summed E-state index contributed by atoms with van der Waals surface area (Å²) in [5.74, 6) is -0.555. The first kappa shape index (κ1) is 15.5. The van der Waals surface area contributed by atoms with Gasteiger partial charge in [-0.25, -0.2) is 0 Å². The van der Waals surface area contributed by atoms with Crippen LogP contribution >= 0.6 is 0 Å². The van der Waals surface area contributed by atoms with E-state index in [-0.39, 0.29) is 24.9 Å². The second kappa shape index (κ2) is 7.22. The van der Waals surface area contributed by atoms with Gasteiger partial charge in [-0.2, -0.15) is 0 Å². The molecular formula is C16H22N2O3. The molecule has 0 saturated heterocycles. The average Bonchev–Trinajstić information content (AvgIpc) is 2.52. The summed E-state index contributed by atoms with van der Waals surface area (Å²) < 4.78 is 0. The van der Waals surface area contributed by atoms with Crippen LogP contribution in [-0.2, 0) is 4.79 Å². The largest absolute Gasteiger partial charge is 0.388 e. The van der Waals surface area contributed by atoms with Gasteiger partial charge in [0.2, 0.25) is 5.91 Å². The van der Waals surface area contributed by atoms with E-state index in [2.05, 4.69) is 10.6 Å². The van der Waals surface area contributed by atoms with Crippen molar-refractivity contribution in [3.05, 3.63) is 35.9 Å². The number of carbonyl (C=O) groups is 2. The minimum absolute atomic E-state index is 0.0796. The van der Waals surface area contributed by atoms with Crippen molar-refractivity contribution in [2.75, 3.05) is 13.1 Å². The molecule has 1 aromatic carbocycles. The first-order valence-corrected chi connectivity index (χ1v) is 7.41. The van der Waals surface area contributed by atoms with Crippen LogP contribution in [0.15, 0.2) is 30.3 Å². The normalized spacial score (nSPS) is 17.0. The maximum Gasteiger partial charge on any atom is 0.251 e. The molecule has 0 atom stereocenters. The monoisotopic (exact) mass is 290 g/mol. The van der Waals surface area contributed by atoms with Gasteiger partial charge < -0.3 is 15.7 Å². The molecule has 0 bridgehead atoms. The average molecular weight is 290 g/mol. The van der Waals surface area contributed by atoms with Crippen LogP contribution in [0, 0.1) is 0 Å². The van der Waals surface area contributed by atoms with E-state index >= 15 is 0 Å². The Morgan fingerprint density at radius 2 is 1.71 bits per heavy atom. The van der Waals surface area contributed by atoms with Crippen molar-refractivity contribution in [1.29, 1.82) is 0 Å². The van der Waals surface area contributed by atoms with E-state index in [4.69, 9.17) is 0 Å². The molecule has 2 amide bonds. The van der Waals surface area contributed by atoms with Gasteiger partial charge in [-0.05, 0) is 25.0 Å². The molecule has 5 nitrogen and oxygen atoms in total. The molecule has 1 aliphatic rings. The van der Waals surface area contributed by atoms with E-state index in [9.17, 15) is 14.7 Å². The number of hydrogen-bond acceptors (Lipinski definition) is 3. The minimum Gasteiger partial charge on any atom is -0.388 e. The molecule has 0 spiro atoms. The smallest absolute Gasteiger partial charge is 0.251 e. The van der Waals surface area contributed by atoms with E-state index in [0.29, 0.717) is 5.56 Å². The number of nitrogens with one attached hydrogen (secondary N) is 2. The van der Waals surface area contributed by atoms with Crippen molar-refractivity contribution in [2.45, 2.75) is 37.7 Å². The van der Waals surface area contributed by atoms with Crippen LogP contribution in [-0.4, -0.2) is 35.6 Å². The Labute approximate surface area is 124 Å². The molecule has 5 heteroatoms. The summed E-state index contributed by atoms with van der Waals surface area (Å²) in [5.41, 5.74) is -0.256. The molecule has 0 aromatic heterocycles. The van der Waals surface area contributed by atoms with Gasteiger partial charge in [0.15, 0.2) is 0 Å². The maximum absolute atomic E-state index is 11.8. The van der Waals surface area contributed by atoms with Crippen molar-refractivity contribution >= 4 is 11.8 Å². The Balaban J connectivity index is 1.71. The molecule has 1 fully saturated rings. The number of hydrogen-bond donors (Lipinski definition) is 3. The van der Waals surface area contributed by atoms with Crippen LogP contribution < -0.4 is 10.6 Å². The van der Waals surface area contributed by atoms with Crippen molar-refractivity contribution < 1.29 is 14.7 Å². The lowest BCUT2D eigenvalue weighted by atomic mass is 9.85. The van der Waals surface area contributed by atoms with Gasteiger partial charge in [-0.1, -0.05) is 37.5 Å². The molecule has 3 N–H and O–H groups in total. The van der Waals surface area contributed by atoms with Gasteiger partial charge >= 0.3 is 0 Å². The molecule has 1 saturated carbocycles. The number of aliphatic hydroxyl groups is 1. The molecule has 0 heterocycles. The maximum atomic E-state index is 11.8. The Kier molecular flexibility index (Phi) is 5.33. The highest BCUT2D eigenvalue weighted by Gasteiger charge is 2.29. The van der Waals surface area contributed by atoms with Gasteiger partial charge in [0.05, 0.1) is 12.1 Å². The van der Waals surface area contributed by atoms with Crippen LogP contribution in [0.1, 0.15) is 42.5 Å². The van der Waals surface area contributed by atoms with E-state index in [1.165, 1.54) is 0 Å². The van der Waals surface area contributed by atoms with Gasteiger partial charge in [0, 0.05) is 12.1 Å². The van der Waals surface area contributed by atoms with Gasteiger partial charge in [-0.3, -0.25) is 9.59 Å². The fourth-order valence-electron chi connectivity index (χ4n) is 2.56. The van der Waals surface area contributed by atoms with E-state index < -0.39 is 5.60 Å². The Morgan fingerprint density at radius 3 is 2.38 bits per heavy atom. The highest BCUT2D eigenvalue weighted by molar-refractivity contribution is 5.96. The lowest BCUT2D eigenvalue weighted by Crippen LogP contribution is -2.46. The third-order valence-electron chi connectivity index (χ3n) is 3.84. The van der Waals surface area contributed by atoms with Gasteiger partial charge in [0.1, 0.15) is 0 Å². The predicted octanol–water partition coefficient (Wildman–Crippen LogP) is 1.23. The third kappa shape index (κ3) is 4.86. The fourth-order valence-corrected chi connectivity index (χ4v) is 2.56. The van der Waals surface area contributed by atoms with Crippen LogP contribution in [0.2, 0.25) is 0 Å². The summed E-state index contributed by atoms with van der Waals surface area (Å²) in [4.78, 5) is 23.5. The summed E-state index contributed by atoms with van der Waals surface area (Å²) in [6.45, 7) is 0.177. The van der Waals surface area contributed by atoms with E-state index in [0.717, 1.165) is 32.1 Å². The molecule has 2 rings (SSSR count). The first-order chi connectivity index (χ1) is 10.1. The van der Waals surface area contributed by atoms with Crippen LogP contribution in [0.4, 0.5) is 0 Å². The number of amides is 2. The third-order valence-corrected chi connectivity index (χ3v) is 3.84. The minimum atomic E-state index is -0.780. The fraction of sp³-hybridized carbons (Fsp3) is 0.500. The Morgan fingerprint density at radius 1 is 1.05 bits per heavy atom. The molecule has 1 aromatic rings. The van der Waals surface area contributed by atoms with Crippen LogP contribution in [0.3, 0.4) is 0 Å². The Hall–Kier alpha value is -1.88. The van der Waals surface area contributed by atoms with Crippen molar-refractivity contribution in [2.24, 2.45) is 0 Å². The molecular weight excluding hydrogens is 268 g/mol. The summed E-state index contributed by atoms with van der Waals surface area (Å²) in [5, 5.41) is 15.5. The summed E-state index contributed by atoms with van der Waals surface area (Å²) in [6, 6.07) is 8.76. The standard InChI is InChI=1S/C16H22N2O3/c19-14(18-12-16(21)9-5-2-6-10-16)11-17-15(20)13-7-3-1-4-8-13/h1,3-4,7-8,21H,2,5-6,9-12H2,(H,17,20)(H,18,19). The molecule has 0 aliphatic heterocycles. The van der Waals surface area contributed by atoms with E-state index in [1.54, 1.807) is 24.3 Å². The highest BCUT2D eigenvalue weighted by Crippen LogP contribution is 2.27. The number of benzene rings is 1. The van der Waals surface area contributed by atoms with Crippen LogP contribution in [0.25, 0.3) is 0 Å². The summed E-state index contributed by atoms with van der Waals surface area (Å²) in [7, 11) is 0. The van der Waals surface area contributed by atoms with Gasteiger partial charge in [0.25, 0.3) is 5.91 Å². The lowest BCUT2D eigenvalue weighted by Gasteiger charge is -2.32. The molecule has 114 valence electrons. The van der Waals surface area contributed by atoms with Crippen LogP contribution in [0.5, 0.6) is 0 Å². The second-order valence-electron chi connectivity index (χ2n) is 5.61. The zero-order chi connectivity index (χ0) is 15.1. The topological polar surface area (TPSA) is 78.4 Å².